The standard InChI is InChI=1S/C20H31N/c1-6-18(21-7-2)20(13-14-20)17-9-8-12-19(4,5)15-16(3)10-11-17/h9-11,16,21H,1,7-8,12-15H2,2-5H3. The van der Waals surface area contributed by atoms with Crippen LogP contribution in [0.3, 0.4) is 0 Å². The molecular formula is C20H31N. The molecular weight excluding hydrogens is 254 g/mol. The van der Waals surface area contributed by atoms with Gasteiger partial charge in [0.15, 0.2) is 0 Å². The third-order valence-corrected chi connectivity index (χ3v) is 4.98. The van der Waals surface area contributed by atoms with Crippen molar-refractivity contribution in [3.63, 3.8) is 0 Å². The summed E-state index contributed by atoms with van der Waals surface area (Å²) in [6.45, 7) is 14.1. The van der Waals surface area contributed by atoms with Crippen molar-refractivity contribution in [1.29, 1.82) is 0 Å². The molecule has 0 radical (unpaired) electrons. The van der Waals surface area contributed by atoms with E-state index in [9.17, 15) is 0 Å². The molecule has 1 heteroatoms. The molecule has 0 aromatic heterocycles. The summed E-state index contributed by atoms with van der Waals surface area (Å²) in [5, 5.41) is 3.48. The van der Waals surface area contributed by atoms with Crippen LogP contribution >= 0.6 is 0 Å². The highest BCUT2D eigenvalue weighted by molar-refractivity contribution is 5.41. The van der Waals surface area contributed by atoms with Crippen molar-refractivity contribution in [2.24, 2.45) is 16.7 Å². The molecule has 1 nitrogen and oxygen atoms in total. The Labute approximate surface area is 130 Å². The lowest BCUT2D eigenvalue weighted by molar-refractivity contribution is 0.280. The average molecular weight is 285 g/mol. The maximum absolute atomic E-state index is 3.90. The van der Waals surface area contributed by atoms with Gasteiger partial charge in [-0.25, -0.2) is 0 Å². The lowest BCUT2D eigenvalue weighted by Gasteiger charge is -2.26. The van der Waals surface area contributed by atoms with Crippen molar-refractivity contribution in [3.05, 3.63) is 41.8 Å². The van der Waals surface area contributed by atoms with Crippen molar-refractivity contribution >= 4 is 0 Å². The molecule has 0 aliphatic heterocycles. The molecule has 0 spiro atoms. The molecule has 1 atom stereocenters. The predicted octanol–water partition coefficient (Wildman–Crippen LogP) is 5.37. The molecule has 1 saturated carbocycles. The van der Waals surface area contributed by atoms with Crippen LogP contribution in [-0.4, -0.2) is 6.54 Å². The first-order chi connectivity index (χ1) is 9.93. The fourth-order valence-electron chi connectivity index (χ4n) is 3.74. The van der Waals surface area contributed by atoms with Gasteiger partial charge in [0.05, 0.1) is 5.70 Å². The number of allylic oxidation sites excluding steroid dienone is 4. The number of hydrogen-bond acceptors (Lipinski definition) is 1. The van der Waals surface area contributed by atoms with Crippen molar-refractivity contribution in [3.8, 4) is 0 Å². The van der Waals surface area contributed by atoms with Crippen LogP contribution in [0.5, 0.6) is 0 Å². The van der Waals surface area contributed by atoms with Crippen molar-refractivity contribution < 1.29 is 0 Å². The molecule has 2 aliphatic carbocycles. The van der Waals surface area contributed by atoms with E-state index in [1.54, 1.807) is 0 Å². The van der Waals surface area contributed by atoms with Gasteiger partial charge in [-0.05, 0) is 55.9 Å². The number of hydrogen-bond donors (Lipinski definition) is 1. The number of nitrogens with one attached hydrogen (secondary N) is 1. The predicted molar refractivity (Wildman–Crippen MR) is 92.0 cm³/mol. The highest BCUT2D eigenvalue weighted by Crippen LogP contribution is 2.57. The van der Waals surface area contributed by atoms with Crippen LogP contribution in [0.2, 0.25) is 0 Å². The molecule has 21 heavy (non-hydrogen) atoms. The summed E-state index contributed by atoms with van der Waals surface area (Å²) >= 11 is 0. The normalized spacial score (nSPS) is 26.7. The summed E-state index contributed by atoms with van der Waals surface area (Å²) in [5.41, 5.74) is 6.47. The van der Waals surface area contributed by atoms with Crippen LogP contribution in [0, 0.1) is 16.7 Å². The van der Waals surface area contributed by atoms with Crippen molar-refractivity contribution in [1.82, 2.24) is 5.32 Å². The number of rotatable bonds is 4. The van der Waals surface area contributed by atoms with E-state index < -0.39 is 0 Å². The Morgan fingerprint density at radius 2 is 2.10 bits per heavy atom. The minimum Gasteiger partial charge on any atom is -0.382 e. The van der Waals surface area contributed by atoms with Gasteiger partial charge in [0.1, 0.15) is 0 Å². The van der Waals surface area contributed by atoms with Crippen molar-refractivity contribution in [2.45, 2.75) is 59.8 Å². The Morgan fingerprint density at radius 3 is 2.67 bits per heavy atom. The summed E-state index contributed by atoms with van der Waals surface area (Å²) in [4.78, 5) is 0. The molecule has 2 rings (SSSR count). The highest BCUT2D eigenvalue weighted by atomic mass is 14.9. The molecule has 0 heterocycles. The lowest BCUT2D eigenvalue weighted by atomic mass is 9.80. The van der Waals surface area contributed by atoms with E-state index in [0.717, 1.165) is 6.54 Å². The Kier molecular flexibility index (Phi) is 4.84. The smallest absolute Gasteiger partial charge is 0.0639 e. The molecule has 1 N–H and O–H groups in total. The fraction of sp³-hybridized carbons (Fsp3) is 0.650. The van der Waals surface area contributed by atoms with Crippen LogP contribution in [0.15, 0.2) is 41.8 Å². The second kappa shape index (κ2) is 6.28. The maximum Gasteiger partial charge on any atom is 0.0639 e. The largest absolute Gasteiger partial charge is 0.382 e. The summed E-state index contributed by atoms with van der Waals surface area (Å²) < 4.78 is 0. The van der Waals surface area contributed by atoms with Gasteiger partial charge in [0, 0.05) is 12.0 Å². The molecule has 0 aromatic rings. The Bertz CT molecular complexity index is 482. The first kappa shape index (κ1) is 16.2. The van der Waals surface area contributed by atoms with Gasteiger partial charge in [-0.3, -0.25) is 0 Å². The molecule has 2 aliphatic rings. The monoisotopic (exact) mass is 285 g/mol. The minimum absolute atomic E-state index is 0.183. The zero-order valence-electron chi connectivity index (χ0n) is 14.3. The summed E-state index contributed by atoms with van der Waals surface area (Å²) in [6.07, 6.45) is 13.4. The van der Waals surface area contributed by atoms with Gasteiger partial charge in [0.25, 0.3) is 0 Å². The van der Waals surface area contributed by atoms with E-state index in [1.807, 2.05) is 0 Å². The quantitative estimate of drug-likeness (QED) is 0.684. The van der Waals surface area contributed by atoms with Crippen LogP contribution in [0.4, 0.5) is 0 Å². The third kappa shape index (κ3) is 3.71. The summed E-state index contributed by atoms with van der Waals surface area (Å²) in [6, 6.07) is 0. The van der Waals surface area contributed by atoms with E-state index >= 15 is 0 Å². The van der Waals surface area contributed by atoms with Crippen LogP contribution in [-0.2, 0) is 0 Å². The first-order valence-electron chi connectivity index (χ1n) is 8.47. The highest BCUT2D eigenvalue weighted by Gasteiger charge is 2.48. The summed E-state index contributed by atoms with van der Waals surface area (Å²) in [5.74, 6) is 0.646. The van der Waals surface area contributed by atoms with Crippen LogP contribution in [0.25, 0.3) is 0 Å². The van der Waals surface area contributed by atoms with Crippen LogP contribution < -0.4 is 5.32 Å². The topological polar surface area (TPSA) is 12.0 Å². The molecule has 0 amide bonds. The SMILES string of the molecule is C=C=C(NCC)C1(C2=CCCC(C)(C)CC(C)C=C2)CC1. The van der Waals surface area contributed by atoms with Gasteiger partial charge >= 0.3 is 0 Å². The third-order valence-electron chi connectivity index (χ3n) is 4.98. The molecule has 0 saturated heterocycles. The van der Waals surface area contributed by atoms with E-state index in [4.69, 9.17) is 0 Å². The molecule has 0 aromatic carbocycles. The second-order valence-corrected chi connectivity index (χ2v) is 7.57. The minimum atomic E-state index is 0.183. The molecule has 1 unspecified atom stereocenters. The zero-order chi connectivity index (χ0) is 15.5. The van der Waals surface area contributed by atoms with Crippen molar-refractivity contribution in [2.75, 3.05) is 6.54 Å². The average Bonchev–Trinajstić information content (AvgIpc) is 3.19. The summed E-state index contributed by atoms with van der Waals surface area (Å²) in [7, 11) is 0. The van der Waals surface area contributed by atoms with Gasteiger partial charge in [0.2, 0.25) is 0 Å². The Morgan fingerprint density at radius 1 is 1.38 bits per heavy atom. The van der Waals surface area contributed by atoms with E-state index in [1.165, 1.54) is 43.4 Å². The first-order valence-corrected chi connectivity index (χ1v) is 8.47. The van der Waals surface area contributed by atoms with E-state index in [0.29, 0.717) is 11.3 Å². The fourth-order valence-corrected chi connectivity index (χ4v) is 3.74. The molecule has 1 fully saturated rings. The maximum atomic E-state index is 3.90. The van der Waals surface area contributed by atoms with Gasteiger partial charge < -0.3 is 5.32 Å². The zero-order valence-corrected chi connectivity index (χ0v) is 14.3. The Balaban J connectivity index is 2.27. The van der Waals surface area contributed by atoms with Gasteiger partial charge in [-0.1, -0.05) is 45.6 Å². The van der Waals surface area contributed by atoms with E-state index in [-0.39, 0.29) is 5.41 Å². The Hall–Kier alpha value is -1.20. The van der Waals surface area contributed by atoms with Gasteiger partial charge in [-0.2, -0.15) is 0 Å². The molecule has 0 bridgehead atoms. The van der Waals surface area contributed by atoms with Crippen LogP contribution in [0.1, 0.15) is 59.8 Å². The molecule has 116 valence electrons. The van der Waals surface area contributed by atoms with E-state index in [2.05, 4.69) is 63.5 Å². The second-order valence-electron chi connectivity index (χ2n) is 7.57. The lowest BCUT2D eigenvalue weighted by Crippen LogP contribution is -2.21. The van der Waals surface area contributed by atoms with Gasteiger partial charge in [-0.15, -0.1) is 5.73 Å².